The summed E-state index contributed by atoms with van der Waals surface area (Å²) in [6, 6.07) is 6.79. The molecule has 0 aliphatic heterocycles. The zero-order valence-corrected chi connectivity index (χ0v) is 12.9. The van der Waals surface area contributed by atoms with Crippen LogP contribution in [0.5, 0.6) is 5.75 Å². The Hall–Kier alpha value is -2.87. The molecule has 2 amide bonds. The summed E-state index contributed by atoms with van der Waals surface area (Å²) in [4.78, 5) is 32.4. The molecule has 2 rings (SSSR count). The van der Waals surface area contributed by atoms with Crippen molar-refractivity contribution < 1.29 is 19.4 Å². The third kappa shape index (κ3) is 3.86. The van der Waals surface area contributed by atoms with Gasteiger partial charge in [0.05, 0.1) is 20.0 Å². The van der Waals surface area contributed by atoms with Crippen molar-refractivity contribution in [3.63, 3.8) is 0 Å². The maximum Gasteiger partial charge on any atom is 0.276 e. The number of likely N-dealkylation sites (N-methyl/N-ethyl adjacent to an activating group) is 1. The topological polar surface area (TPSA) is 108 Å². The fourth-order valence-corrected chi connectivity index (χ4v) is 1.94. The van der Waals surface area contributed by atoms with Crippen molar-refractivity contribution in [3.05, 3.63) is 42.0 Å². The van der Waals surface area contributed by atoms with E-state index in [0.717, 1.165) is 0 Å². The number of rotatable bonds is 6. The molecule has 1 heterocycles. The number of hydrogen-bond acceptors (Lipinski definition) is 5. The maximum atomic E-state index is 12.3. The highest BCUT2D eigenvalue weighted by atomic mass is 16.5. The molecule has 0 aliphatic carbocycles. The zero-order chi connectivity index (χ0) is 16.8. The molecule has 0 spiro atoms. The van der Waals surface area contributed by atoms with Crippen molar-refractivity contribution in [3.8, 4) is 5.75 Å². The van der Waals surface area contributed by atoms with Crippen LogP contribution in [0.2, 0.25) is 0 Å². The molecule has 0 saturated heterocycles. The van der Waals surface area contributed by atoms with Gasteiger partial charge < -0.3 is 25.0 Å². The molecule has 0 bridgehead atoms. The van der Waals surface area contributed by atoms with Crippen LogP contribution >= 0.6 is 0 Å². The Bertz CT molecular complexity index is 681. The van der Waals surface area contributed by atoms with Crippen LogP contribution in [0.1, 0.15) is 21.0 Å². The molecule has 0 aliphatic rings. The van der Waals surface area contributed by atoms with Crippen LogP contribution in [-0.2, 0) is 0 Å². The summed E-state index contributed by atoms with van der Waals surface area (Å²) >= 11 is 0. The summed E-state index contributed by atoms with van der Waals surface area (Å²) in [5, 5.41) is 11.6. The number of methoxy groups -OCH3 is 1. The quantitative estimate of drug-likeness (QED) is 0.728. The Kier molecular flexibility index (Phi) is 5.32. The van der Waals surface area contributed by atoms with E-state index in [0.29, 0.717) is 11.4 Å². The normalized spacial score (nSPS) is 10.2. The molecule has 8 heteroatoms. The van der Waals surface area contributed by atoms with Crippen LogP contribution in [0.4, 0.5) is 5.69 Å². The highest BCUT2D eigenvalue weighted by Crippen LogP contribution is 2.16. The van der Waals surface area contributed by atoms with Crippen LogP contribution in [0, 0.1) is 0 Å². The SMILES string of the molecule is COc1ccc(NC(=O)c2nc[nH]c2C(=O)N(C)CCO)cc1. The van der Waals surface area contributed by atoms with E-state index >= 15 is 0 Å². The molecule has 8 nitrogen and oxygen atoms in total. The second kappa shape index (κ2) is 7.41. The molecular formula is C15H18N4O4. The van der Waals surface area contributed by atoms with E-state index in [1.54, 1.807) is 31.4 Å². The second-order valence-electron chi connectivity index (χ2n) is 4.76. The van der Waals surface area contributed by atoms with Gasteiger partial charge in [0.25, 0.3) is 11.8 Å². The van der Waals surface area contributed by atoms with Crippen LogP contribution in [-0.4, -0.2) is 59.1 Å². The molecule has 0 radical (unpaired) electrons. The van der Waals surface area contributed by atoms with Crippen molar-refractivity contribution in [1.29, 1.82) is 0 Å². The number of aliphatic hydroxyl groups excluding tert-OH is 1. The summed E-state index contributed by atoms with van der Waals surface area (Å²) in [6.07, 6.45) is 1.28. The minimum atomic E-state index is -0.503. The number of ether oxygens (including phenoxy) is 1. The van der Waals surface area contributed by atoms with Crippen LogP contribution in [0.3, 0.4) is 0 Å². The number of carbonyl (C=O) groups is 2. The van der Waals surface area contributed by atoms with Gasteiger partial charge in [-0.05, 0) is 24.3 Å². The second-order valence-corrected chi connectivity index (χ2v) is 4.76. The standard InChI is InChI=1S/C15H18N4O4/c1-19(7-8-20)15(22)13-12(16-9-17-13)14(21)18-10-3-5-11(23-2)6-4-10/h3-6,9,20H,7-8H2,1-2H3,(H,16,17)(H,18,21). The Morgan fingerprint density at radius 1 is 1.35 bits per heavy atom. The average molecular weight is 318 g/mol. The number of nitrogens with zero attached hydrogens (tertiary/aromatic N) is 2. The first kappa shape index (κ1) is 16.5. The summed E-state index contributed by atoms with van der Waals surface area (Å²) in [7, 11) is 3.09. The van der Waals surface area contributed by atoms with E-state index in [2.05, 4.69) is 15.3 Å². The average Bonchev–Trinajstić information content (AvgIpc) is 3.04. The number of imidazole rings is 1. The van der Waals surface area contributed by atoms with Gasteiger partial charge in [-0.15, -0.1) is 0 Å². The van der Waals surface area contributed by atoms with Gasteiger partial charge >= 0.3 is 0 Å². The number of hydrogen-bond donors (Lipinski definition) is 3. The molecule has 2 aromatic rings. The fourth-order valence-electron chi connectivity index (χ4n) is 1.94. The number of amides is 2. The van der Waals surface area contributed by atoms with Crippen molar-refractivity contribution >= 4 is 17.5 Å². The highest BCUT2D eigenvalue weighted by Gasteiger charge is 2.22. The fraction of sp³-hybridized carbons (Fsp3) is 0.267. The molecule has 0 fully saturated rings. The van der Waals surface area contributed by atoms with Crippen LogP contribution < -0.4 is 10.1 Å². The molecule has 1 aromatic heterocycles. The summed E-state index contributed by atoms with van der Waals surface area (Å²) in [5.74, 6) is -0.252. The molecule has 3 N–H and O–H groups in total. The number of benzene rings is 1. The zero-order valence-electron chi connectivity index (χ0n) is 12.9. The van der Waals surface area contributed by atoms with Crippen molar-refractivity contribution in [2.24, 2.45) is 0 Å². The first-order valence-electron chi connectivity index (χ1n) is 6.92. The lowest BCUT2D eigenvalue weighted by molar-refractivity contribution is 0.0757. The number of nitrogens with one attached hydrogen (secondary N) is 2. The van der Waals surface area contributed by atoms with Gasteiger partial charge in [-0.2, -0.15) is 0 Å². The Balaban J connectivity index is 2.13. The van der Waals surface area contributed by atoms with Crippen molar-refractivity contribution in [1.82, 2.24) is 14.9 Å². The van der Waals surface area contributed by atoms with Gasteiger partial charge in [0.2, 0.25) is 0 Å². The summed E-state index contributed by atoms with van der Waals surface area (Å²) < 4.78 is 5.05. The van der Waals surface area contributed by atoms with Gasteiger partial charge in [-0.3, -0.25) is 9.59 Å². The molecule has 0 saturated carbocycles. The van der Waals surface area contributed by atoms with E-state index in [-0.39, 0.29) is 24.5 Å². The largest absolute Gasteiger partial charge is 0.497 e. The smallest absolute Gasteiger partial charge is 0.276 e. The van der Waals surface area contributed by atoms with E-state index in [1.165, 1.54) is 18.3 Å². The number of anilines is 1. The lowest BCUT2D eigenvalue weighted by Crippen LogP contribution is -2.31. The van der Waals surface area contributed by atoms with Gasteiger partial charge in [-0.1, -0.05) is 0 Å². The lowest BCUT2D eigenvalue weighted by Gasteiger charge is -2.15. The minimum Gasteiger partial charge on any atom is -0.497 e. The molecule has 0 unspecified atom stereocenters. The van der Waals surface area contributed by atoms with Gasteiger partial charge in [-0.25, -0.2) is 4.98 Å². The summed E-state index contributed by atoms with van der Waals surface area (Å²) in [5.41, 5.74) is 0.628. The maximum absolute atomic E-state index is 12.3. The van der Waals surface area contributed by atoms with Gasteiger partial charge in [0.1, 0.15) is 11.4 Å². The van der Waals surface area contributed by atoms with E-state index in [1.807, 2.05) is 0 Å². The van der Waals surface area contributed by atoms with Gasteiger partial charge in [0.15, 0.2) is 5.69 Å². The van der Waals surface area contributed by atoms with Crippen LogP contribution in [0.25, 0.3) is 0 Å². The number of H-pyrrole nitrogens is 1. The lowest BCUT2D eigenvalue weighted by atomic mass is 10.2. The monoisotopic (exact) mass is 318 g/mol. The number of aromatic nitrogens is 2. The Morgan fingerprint density at radius 2 is 2.04 bits per heavy atom. The molecule has 23 heavy (non-hydrogen) atoms. The Morgan fingerprint density at radius 3 is 2.65 bits per heavy atom. The van der Waals surface area contributed by atoms with Crippen molar-refractivity contribution in [2.75, 3.05) is 32.6 Å². The molecule has 122 valence electrons. The van der Waals surface area contributed by atoms with E-state index in [4.69, 9.17) is 9.84 Å². The third-order valence-electron chi connectivity index (χ3n) is 3.20. The van der Waals surface area contributed by atoms with E-state index < -0.39 is 11.8 Å². The number of aliphatic hydroxyl groups is 1. The summed E-state index contributed by atoms with van der Waals surface area (Å²) in [6.45, 7) is 0.00114. The first-order valence-corrected chi connectivity index (χ1v) is 6.92. The number of aromatic amines is 1. The molecular weight excluding hydrogens is 300 g/mol. The predicted octanol–water partition coefficient (Wildman–Crippen LogP) is 0.735. The third-order valence-corrected chi connectivity index (χ3v) is 3.20. The Labute approximate surface area is 133 Å². The molecule has 0 atom stereocenters. The minimum absolute atomic E-state index is 0.00407. The van der Waals surface area contributed by atoms with Crippen molar-refractivity contribution in [2.45, 2.75) is 0 Å². The molecule has 1 aromatic carbocycles. The van der Waals surface area contributed by atoms with Crippen LogP contribution in [0.15, 0.2) is 30.6 Å². The van der Waals surface area contributed by atoms with E-state index in [9.17, 15) is 9.59 Å². The predicted molar refractivity (Wildman–Crippen MR) is 83.6 cm³/mol. The highest BCUT2D eigenvalue weighted by molar-refractivity contribution is 6.10. The first-order chi connectivity index (χ1) is 11.1. The number of carbonyl (C=O) groups excluding carboxylic acids is 2. The van der Waals surface area contributed by atoms with Gasteiger partial charge in [0, 0.05) is 19.3 Å².